The van der Waals surface area contributed by atoms with Gasteiger partial charge in [0.25, 0.3) is 0 Å². The molecule has 1 aliphatic rings. The Hall–Kier alpha value is -3.72. The van der Waals surface area contributed by atoms with Gasteiger partial charge in [-0.05, 0) is 55.2 Å². The van der Waals surface area contributed by atoms with Gasteiger partial charge in [0.2, 0.25) is 0 Å². The molecular weight excluding hydrogens is 386 g/mol. The van der Waals surface area contributed by atoms with Crippen LogP contribution in [0.3, 0.4) is 0 Å². The standard InChI is InChI=1S/C25H31N5O/c1-5-7-8-24(31-6-2)18(3)15-29-25-10-9-20(16-30-25)11-22-17-28-19(4)23(22)12-21(13-26)14-27/h5,7-10,12-13,16,22,28H,1,4,6,11,15,17,26H2,2-3H3,(H,29,30)/b8-7-,21-13+,23-12+,24-18-. The summed E-state index contributed by atoms with van der Waals surface area (Å²) in [4.78, 5) is 4.54. The number of allylic oxidation sites excluding steroid dienone is 6. The largest absolute Gasteiger partial charge is 0.494 e. The summed E-state index contributed by atoms with van der Waals surface area (Å²) in [5.41, 5.74) is 9.99. The molecule has 31 heavy (non-hydrogen) atoms. The molecule has 1 aromatic rings. The van der Waals surface area contributed by atoms with E-state index < -0.39 is 0 Å². The summed E-state index contributed by atoms with van der Waals surface area (Å²) in [6.07, 6.45) is 11.3. The number of nitriles is 1. The van der Waals surface area contributed by atoms with Crippen molar-refractivity contribution in [2.24, 2.45) is 11.7 Å². The van der Waals surface area contributed by atoms with E-state index in [0.717, 1.165) is 46.9 Å². The molecule has 0 bridgehead atoms. The first-order chi connectivity index (χ1) is 15.0. The zero-order valence-electron chi connectivity index (χ0n) is 18.3. The van der Waals surface area contributed by atoms with Crippen LogP contribution in [0.4, 0.5) is 5.82 Å². The smallest absolute Gasteiger partial charge is 0.126 e. The summed E-state index contributed by atoms with van der Waals surface area (Å²) in [5.74, 6) is 1.85. The van der Waals surface area contributed by atoms with Gasteiger partial charge < -0.3 is 21.1 Å². The first kappa shape index (κ1) is 23.6. The fourth-order valence-electron chi connectivity index (χ4n) is 3.25. The molecule has 0 amide bonds. The third kappa shape index (κ3) is 6.93. The van der Waals surface area contributed by atoms with Gasteiger partial charge in [-0.3, -0.25) is 0 Å². The molecule has 6 nitrogen and oxygen atoms in total. The second-order valence-electron chi connectivity index (χ2n) is 7.17. The van der Waals surface area contributed by atoms with E-state index in [1.807, 2.05) is 44.3 Å². The van der Waals surface area contributed by atoms with Gasteiger partial charge in [0.15, 0.2) is 0 Å². The van der Waals surface area contributed by atoms with Crippen molar-refractivity contribution in [2.45, 2.75) is 20.3 Å². The highest BCUT2D eigenvalue weighted by Gasteiger charge is 2.24. The maximum absolute atomic E-state index is 9.15. The molecule has 1 saturated heterocycles. The lowest BCUT2D eigenvalue weighted by Crippen LogP contribution is -2.11. The van der Waals surface area contributed by atoms with Gasteiger partial charge in [0, 0.05) is 37.1 Å². The molecule has 0 aromatic carbocycles. The molecule has 162 valence electrons. The maximum Gasteiger partial charge on any atom is 0.126 e. The topological polar surface area (TPSA) is 96.0 Å². The number of aromatic nitrogens is 1. The van der Waals surface area contributed by atoms with Crippen LogP contribution in [0.15, 0.2) is 90.2 Å². The zero-order chi connectivity index (χ0) is 22.6. The van der Waals surface area contributed by atoms with Crippen molar-refractivity contribution >= 4 is 5.82 Å². The van der Waals surface area contributed by atoms with Gasteiger partial charge in [-0.15, -0.1) is 0 Å². The van der Waals surface area contributed by atoms with Crippen LogP contribution >= 0.6 is 0 Å². The normalized spacial score (nSPS) is 18.5. The lowest BCUT2D eigenvalue weighted by molar-refractivity contribution is 0.239. The SMILES string of the molecule is C=C/C=C\C(OCC)=C(/C)CNc1ccc(CC2CNC(=C)/C2=C\C(C#N)=C/N)cn1. The lowest BCUT2D eigenvalue weighted by Gasteiger charge is -2.13. The number of rotatable bonds is 10. The summed E-state index contributed by atoms with van der Waals surface area (Å²) < 4.78 is 5.68. The predicted molar refractivity (Wildman–Crippen MR) is 127 cm³/mol. The van der Waals surface area contributed by atoms with Crippen LogP contribution < -0.4 is 16.4 Å². The van der Waals surface area contributed by atoms with E-state index >= 15 is 0 Å². The molecule has 6 heteroatoms. The summed E-state index contributed by atoms with van der Waals surface area (Å²) in [6.45, 7) is 13.7. The number of nitrogens with zero attached hydrogens (tertiary/aromatic N) is 2. The molecule has 0 spiro atoms. The van der Waals surface area contributed by atoms with Crippen LogP contribution in [0.1, 0.15) is 19.4 Å². The highest BCUT2D eigenvalue weighted by Crippen LogP contribution is 2.28. The highest BCUT2D eigenvalue weighted by molar-refractivity contribution is 5.45. The molecular formula is C25H31N5O. The van der Waals surface area contributed by atoms with E-state index in [1.165, 1.54) is 6.20 Å². The fourth-order valence-corrected chi connectivity index (χ4v) is 3.25. The van der Waals surface area contributed by atoms with E-state index in [1.54, 1.807) is 6.08 Å². The number of pyridine rings is 1. The van der Waals surface area contributed by atoms with Crippen molar-refractivity contribution < 1.29 is 4.74 Å². The first-order valence-corrected chi connectivity index (χ1v) is 10.3. The van der Waals surface area contributed by atoms with E-state index in [4.69, 9.17) is 15.7 Å². The van der Waals surface area contributed by atoms with Crippen LogP contribution in [-0.2, 0) is 11.2 Å². The molecule has 0 radical (unpaired) electrons. The van der Waals surface area contributed by atoms with Gasteiger partial charge in [-0.25, -0.2) is 4.98 Å². The van der Waals surface area contributed by atoms with Gasteiger partial charge >= 0.3 is 0 Å². The van der Waals surface area contributed by atoms with E-state index in [-0.39, 0.29) is 5.92 Å². The van der Waals surface area contributed by atoms with Gasteiger partial charge in [0.1, 0.15) is 17.6 Å². The Morgan fingerprint density at radius 2 is 2.29 bits per heavy atom. The van der Waals surface area contributed by atoms with Crippen LogP contribution in [0.5, 0.6) is 0 Å². The Bertz CT molecular complexity index is 945. The molecule has 2 rings (SSSR count). The Morgan fingerprint density at radius 1 is 1.48 bits per heavy atom. The molecule has 4 N–H and O–H groups in total. The predicted octanol–water partition coefficient (Wildman–Crippen LogP) is 4.11. The molecule has 0 aliphatic carbocycles. The van der Waals surface area contributed by atoms with Crippen molar-refractivity contribution in [3.05, 3.63) is 95.7 Å². The molecule has 1 unspecified atom stereocenters. The van der Waals surface area contributed by atoms with Gasteiger partial charge in [-0.2, -0.15) is 5.26 Å². The van der Waals surface area contributed by atoms with E-state index in [0.29, 0.717) is 18.7 Å². The number of ether oxygens (including phenoxy) is 1. The molecule has 1 fully saturated rings. The monoisotopic (exact) mass is 417 g/mol. The molecule has 1 aromatic heterocycles. The zero-order valence-corrected chi connectivity index (χ0v) is 18.3. The number of nitrogens with two attached hydrogens (primary N) is 1. The third-order valence-corrected chi connectivity index (χ3v) is 4.92. The minimum atomic E-state index is 0.215. The molecule has 1 atom stereocenters. The van der Waals surface area contributed by atoms with Gasteiger partial charge in [-0.1, -0.05) is 31.4 Å². The average Bonchev–Trinajstić information content (AvgIpc) is 3.12. The Balaban J connectivity index is 2.03. The quantitative estimate of drug-likeness (QED) is 0.301. The fraction of sp³-hybridized carbons (Fsp3) is 0.280. The average molecular weight is 418 g/mol. The second kappa shape index (κ2) is 12.1. The number of nitrogens with one attached hydrogen (secondary N) is 2. The minimum Gasteiger partial charge on any atom is -0.494 e. The summed E-state index contributed by atoms with van der Waals surface area (Å²) in [6, 6.07) is 6.13. The number of hydrogen-bond donors (Lipinski definition) is 3. The highest BCUT2D eigenvalue weighted by atomic mass is 16.5. The van der Waals surface area contributed by atoms with Crippen molar-refractivity contribution in [3.8, 4) is 6.07 Å². The Kier molecular flexibility index (Phi) is 9.18. The van der Waals surface area contributed by atoms with E-state index in [2.05, 4.69) is 40.9 Å². The first-order valence-electron chi connectivity index (χ1n) is 10.3. The second-order valence-corrected chi connectivity index (χ2v) is 7.17. The summed E-state index contributed by atoms with van der Waals surface area (Å²) in [5, 5.41) is 15.8. The molecule has 0 saturated carbocycles. The third-order valence-electron chi connectivity index (χ3n) is 4.92. The van der Waals surface area contributed by atoms with Crippen molar-refractivity contribution in [3.63, 3.8) is 0 Å². The number of anilines is 1. The van der Waals surface area contributed by atoms with Crippen LogP contribution in [-0.4, -0.2) is 24.7 Å². The number of hydrogen-bond acceptors (Lipinski definition) is 6. The van der Waals surface area contributed by atoms with Crippen molar-refractivity contribution in [1.82, 2.24) is 10.3 Å². The van der Waals surface area contributed by atoms with Gasteiger partial charge in [0.05, 0.1) is 12.2 Å². The Morgan fingerprint density at radius 3 is 2.90 bits per heavy atom. The molecule has 1 aliphatic heterocycles. The summed E-state index contributed by atoms with van der Waals surface area (Å²) in [7, 11) is 0. The van der Waals surface area contributed by atoms with Crippen LogP contribution in [0.2, 0.25) is 0 Å². The van der Waals surface area contributed by atoms with E-state index in [9.17, 15) is 0 Å². The van der Waals surface area contributed by atoms with Crippen molar-refractivity contribution in [1.29, 1.82) is 5.26 Å². The summed E-state index contributed by atoms with van der Waals surface area (Å²) >= 11 is 0. The maximum atomic E-state index is 9.15. The van der Waals surface area contributed by atoms with Crippen LogP contribution in [0.25, 0.3) is 0 Å². The van der Waals surface area contributed by atoms with Crippen molar-refractivity contribution in [2.75, 3.05) is 25.0 Å². The minimum absolute atomic E-state index is 0.215. The lowest BCUT2D eigenvalue weighted by atomic mass is 9.93. The Labute approximate surface area is 185 Å². The molecule has 2 heterocycles. The van der Waals surface area contributed by atoms with Crippen LogP contribution in [0, 0.1) is 17.2 Å².